The highest BCUT2D eigenvalue weighted by atomic mass is 19.1. The van der Waals surface area contributed by atoms with Gasteiger partial charge in [-0.05, 0) is 61.3 Å². The van der Waals surface area contributed by atoms with Gasteiger partial charge in [0.2, 0.25) is 0 Å². The van der Waals surface area contributed by atoms with Gasteiger partial charge in [0, 0.05) is 24.8 Å². The van der Waals surface area contributed by atoms with E-state index >= 15 is 0 Å². The van der Waals surface area contributed by atoms with E-state index in [1.165, 1.54) is 17.7 Å². The molecule has 4 nitrogen and oxygen atoms in total. The molecule has 0 saturated carbocycles. The Kier molecular flexibility index (Phi) is 6.25. The van der Waals surface area contributed by atoms with E-state index in [0.29, 0.717) is 12.6 Å². The molecule has 3 rings (SSSR count). The van der Waals surface area contributed by atoms with E-state index in [4.69, 9.17) is 9.84 Å². The van der Waals surface area contributed by atoms with Gasteiger partial charge in [0.1, 0.15) is 18.2 Å². The predicted molar refractivity (Wildman–Crippen MR) is 97.3 cm³/mol. The fraction of sp³-hybridized carbons (Fsp3) is 0.400. The van der Waals surface area contributed by atoms with Crippen molar-refractivity contribution >= 4 is 5.69 Å². The zero-order valence-electron chi connectivity index (χ0n) is 14.3. The van der Waals surface area contributed by atoms with Gasteiger partial charge in [-0.1, -0.05) is 12.1 Å². The number of aliphatic hydroxyl groups is 1. The third-order valence-corrected chi connectivity index (χ3v) is 4.41. The van der Waals surface area contributed by atoms with Crippen LogP contribution in [0.5, 0.6) is 5.75 Å². The molecular weight excluding hydrogens is 319 g/mol. The molecule has 134 valence electrons. The van der Waals surface area contributed by atoms with E-state index in [1.807, 2.05) is 12.1 Å². The number of anilines is 1. The van der Waals surface area contributed by atoms with Gasteiger partial charge in [-0.3, -0.25) is 4.90 Å². The average molecular weight is 344 g/mol. The van der Waals surface area contributed by atoms with Gasteiger partial charge in [0.25, 0.3) is 0 Å². The molecule has 0 radical (unpaired) electrons. The number of hydrogen-bond donors (Lipinski definition) is 2. The molecular formula is C20H25FN2O2. The van der Waals surface area contributed by atoms with Gasteiger partial charge in [-0.2, -0.15) is 0 Å². The Balaban J connectivity index is 1.51. The first-order valence-corrected chi connectivity index (χ1v) is 8.80. The minimum atomic E-state index is -0.206. The molecule has 0 aromatic heterocycles. The van der Waals surface area contributed by atoms with Crippen LogP contribution in [0.15, 0.2) is 48.5 Å². The lowest BCUT2D eigenvalue weighted by molar-refractivity contribution is 0.200. The number of nitrogens with zero attached hydrogens (tertiary/aromatic N) is 1. The molecule has 0 aliphatic carbocycles. The van der Waals surface area contributed by atoms with Crippen molar-refractivity contribution in [1.82, 2.24) is 4.90 Å². The molecule has 2 aromatic rings. The number of nitrogens with one attached hydrogen (secondary N) is 1. The number of benzene rings is 2. The number of hydrogen-bond acceptors (Lipinski definition) is 4. The number of ether oxygens (including phenoxy) is 1. The van der Waals surface area contributed by atoms with Crippen LogP contribution in [-0.2, 0) is 6.54 Å². The Labute approximate surface area is 148 Å². The van der Waals surface area contributed by atoms with Crippen LogP contribution in [-0.4, -0.2) is 42.4 Å². The molecule has 25 heavy (non-hydrogen) atoms. The van der Waals surface area contributed by atoms with E-state index in [0.717, 1.165) is 43.9 Å². The van der Waals surface area contributed by atoms with E-state index < -0.39 is 0 Å². The highest BCUT2D eigenvalue weighted by Crippen LogP contribution is 2.19. The molecule has 2 aromatic carbocycles. The summed E-state index contributed by atoms with van der Waals surface area (Å²) in [6.45, 7) is 3.31. The number of piperidine rings is 1. The predicted octanol–water partition coefficient (Wildman–Crippen LogP) is 3.27. The van der Waals surface area contributed by atoms with Gasteiger partial charge in [0.05, 0.1) is 6.61 Å². The van der Waals surface area contributed by atoms with Crippen LogP contribution in [0, 0.1) is 5.82 Å². The lowest BCUT2D eigenvalue weighted by Gasteiger charge is -2.33. The molecule has 1 unspecified atom stereocenters. The summed E-state index contributed by atoms with van der Waals surface area (Å²) in [6, 6.07) is 15.0. The summed E-state index contributed by atoms with van der Waals surface area (Å²) in [4.78, 5) is 2.44. The van der Waals surface area contributed by atoms with Crippen molar-refractivity contribution in [3.05, 3.63) is 59.9 Å². The highest BCUT2D eigenvalue weighted by Gasteiger charge is 2.19. The number of aliphatic hydroxyl groups excluding tert-OH is 1. The Bertz CT molecular complexity index is 646. The van der Waals surface area contributed by atoms with Gasteiger partial charge >= 0.3 is 0 Å². The van der Waals surface area contributed by atoms with Gasteiger partial charge in [0.15, 0.2) is 0 Å². The molecule has 0 amide bonds. The summed E-state index contributed by atoms with van der Waals surface area (Å²) in [5, 5.41) is 12.3. The largest absolute Gasteiger partial charge is 0.491 e. The highest BCUT2D eigenvalue weighted by molar-refractivity contribution is 5.44. The summed E-state index contributed by atoms with van der Waals surface area (Å²) >= 11 is 0. The standard InChI is InChI=1S/C20H25FN2O2/c21-17-5-7-18(8-6-17)22-19-2-1-11-23(15-19)14-16-3-9-20(10-4-16)25-13-12-24/h3-10,19,22,24H,1-2,11-15H2. The van der Waals surface area contributed by atoms with Gasteiger partial charge < -0.3 is 15.2 Å². The maximum atomic E-state index is 13.0. The van der Waals surface area contributed by atoms with E-state index in [9.17, 15) is 4.39 Å². The normalized spacial score (nSPS) is 18.1. The maximum Gasteiger partial charge on any atom is 0.123 e. The van der Waals surface area contributed by atoms with Crippen LogP contribution in [0.4, 0.5) is 10.1 Å². The smallest absolute Gasteiger partial charge is 0.123 e. The van der Waals surface area contributed by atoms with Crippen LogP contribution in [0.25, 0.3) is 0 Å². The van der Waals surface area contributed by atoms with Crippen molar-refractivity contribution in [2.75, 3.05) is 31.6 Å². The second-order valence-electron chi connectivity index (χ2n) is 6.44. The van der Waals surface area contributed by atoms with Crippen LogP contribution >= 0.6 is 0 Å². The van der Waals surface area contributed by atoms with Crippen molar-refractivity contribution in [2.24, 2.45) is 0 Å². The molecule has 2 N–H and O–H groups in total. The maximum absolute atomic E-state index is 13.0. The van der Waals surface area contributed by atoms with Crippen molar-refractivity contribution in [3.63, 3.8) is 0 Å². The van der Waals surface area contributed by atoms with Crippen LogP contribution in [0.3, 0.4) is 0 Å². The topological polar surface area (TPSA) is 44.7 Å². The first-order valence-electron chi connectivity index (χ1n) is 8.80. The number of likely N-dealkylation sites (tertiary alicyclic amines) is 1. The lowest BCUT2D eigenvalue weighted by atomic mass is 10.0. The van der Waals surface area contributed by atoms with Crippen molar-refractivity contribution < 1.29 is 14.2 Å². The summed E-state index contributed by atoms with van der Waals surface area (Å²) in [7, 11) is 0. The zero-order valence-corrected chi connectivity index (χ0v) is 14.3. The second kappa shape index (κ2) is 8.83. The Morgan fingerprint density at radius 3 is 2.60 bits per heavy atom. The summed E-state index contributed by atoms with van der Waals surface area (Å²) < 4.78 is 18.4. The molecule has 0 bridgehead atoms. The second-order valence-corrected chi connectivity index (χ2v) is 6.44. The molecule has 1 aliphatic heterocycles. The van der Waals surface area contributed by atoms with Crippen LogP contribution in [0.2, 0.25) is 0 Å². The Morgan fingerprint density at radius 2 is 1.88 bits per heavy atom. The average Bonchev–Trinajstić information content (AvgIpc) is 2.63. The van der Waals surface area contributed by atoms with Crippen molar-refractivity contribution in [3.8, 4) is 5.75 Å². The molecule has 5 heteroatoms. The first kappa shape index (κ1) is 17.7. The molecule has 1 atom stereocenters. The van der Waals surface area contributed by atoms with Gasteiger partial charge in [-0.15, -0.1) is 0 Å². The number of halogens is 1. The summed E-state index contributed by atoms with van der Waals surface area (Å²) in [5.41, 5.74) is 2.22. The first-order chi connectivity index (χ1) is 12.2. The molecule has 1 saturated heterocycles. The van der Waals surface area contributed by atoms with Gasteiger partial charge in [-0.25, -0.2) is 4.39 Å². The van der Waals surface area contributed by atoms with E-state index in [1.54, 1.807) is 12.1 Å². The zero-order chi connectivity index (χ0) is 17.5. The minimum Gasteiger partial charge on any atom is -0.491 e. The lowest BCUT2D eigenvalue weighted by Crippen LogP contribution is -2.41. The monoisotopic (exact) mass is 344 g/mol. The molecule has 1 fully saturated rings. The third-order valence-electron chi connectivity index (χ3n) is 4.41. The molecule has 1 heterocycles. The van der Waals surface area contributed by atoms with Crippen molar-refractivity contribution in [1.29, 1.82) is 0 Å². The minimum absolute atomic E-state index is 0.0258. The fourth-order valence-corrected chi connectivity index (χ4v) is 3.21. The summed E-state index contributed by atoms with van der Waals surface area (Å²) in [5.74, 6) is 0.578. The van der Waals surface area contributed by atoms with Crippen LogP contribution in [0.1, 0.15) is 18.4 Å². The van der Waals surface area contributed by atoms with E-state index in [2.05, 4.69) is 22.3 Å². The molecule has 0 spiro atoms. The fourth-order valence-electron chi connectivity index (χ4n) is 3.21. The number of rotatable bonds is 7. The Hall–Kier alpha value is -2.11. The van der Waals surface area contributed by atoms with Crippen molar-refractivity contribution in [2.45, 2.75) is 25.4 Å². The third kappa shape index (κ3) is 5.44. The Morgan fingerprint density at radius 1 is 1.12 bits per heavy atom. The van der Waals surface area contributed by atoms with Crippen LogP contribution < -0.4 is 10.1 Å². The molecule has 1 aliphatic rings. The quantitative estimate of drug-likeness (QED) is 0.809. The summed E-state index contributed by atoms with van der Waals surface area (Å²) in [6.07, 6.45) is 2.28. The van der Waals surface area contributed by atoms with E-state index in [-0.39, 0.29) is 12.4 Å². The SMILES string of the molecule is OCCOc1ccc(CN2CCCC(Nc3ccc(F)cc3)C2)cc1.